The van der Waals surface area contributed by atoms with Gasteiger partial charge in [-0.2, -0.15) is 0 Å². The molecule has 0 radical (unpaired) electrons. The van der Waals surface area contributed by atoms with Crippen LogP contribution in [-0.4, -0.2) is 38.8 Å². The second-order valence-electron chi connectivity index (χ2n) is 9.16. The van der Waals surface area contributed by atoms with E-state index in [1.807, 2.05) is 13.0 Å². The van der Waals surface area contributed by atoms with Crippen molar-refractivity contribution in [3.05, 3.63) is 23.8 Å². The molecule has 4 rings (SSSR count). The van der Waals surface area contributed by atoms with Gasteiger partial charge in [-0.15, -0.1) is 0 Å². The predicted octanol–water partition coefficient (Wildman–Crippen LogP) is 2.22. The van der Waals surface area contributed by atoms with Crippen molar-refractivity contribution in [2.45, 2.75) is 64.1 Å². The Balaban J connectivity index is 1.91. The van der Waals surface area contributed by atoms with E-state index in [0.717, 1.165) is 18.4 Å². The molecular weight excluding hydrogens is 320 g/mol. The molecule has 0 aromatic carbocycles. The van der Waals surface area contributed by atoms with Crippen LogP contribution in [0.2, 0.25) is 0 Å². The Labute approximate surface area is 147 Å². The van der Waals surface area contributed by atoms with Gasteiger partial charge in [0.05, 0.1) is 22.5 Å². The van der Waals surface area contributed by atoms with Crippen molar-refractivity contribution in [2.24, 2.45) is 22.2 Å². The zero-order valence-corrected chi connectivity index (χ0v) is 14.8. The number of Topliss-reactive ketones (excluding diaryl/α,β-unsaturated/α-hetero) is 1. The topological polar surface area (TPSA) is 94.8 Å². The molecule has 5 nitrogen and oxygen atoms in total. The van der Waals surface area contributed by atoms with Gasteiger partial charge in [-0.3, -0.25) is 9.59 Å². The molecule has 3 N–H and O–H groups in total. The van der Waals surface area contributed by atoms with Crippen LogP contribution in [0.3, 0.4) is 0 Å². The van der Waals surface area contributed by atoms with Gasteiger partial charge in [-0.25, -0.2) is 0 Å². The first-order valence-electron chi connectivity index (χ1n) is 9.10. The number of aliphatic hydroxyl groups is 2. The third-order valence-electron chi connectivity index (χ3n) is 7.84. The molecule has 5 heteroatoms. The lowest BCUT2D eigenvalue weighted by molar-refractivity contribution is -0.175. The van der Waals surface area contributed by atoms with Gasteiger partial charge in [0.15, 0.2) is 5.78 Å². The molecule has 4 aliphatic carbocycles. The average Bonchev–Trinajstić information content (AvgIpc) is 2.64. The first kappa shape index (κ1) is 17.0. The summed E-state index contributed by atoms with van der Waals surface area (Å²) < 4.78 is 0. The Morgan fingerprint density at radius 2 is 2.00 bits per heavy atom. The molecule has 1 unspecified atom stereocenters. The smallest absolute Gasteiger partial charge is 0.309 e. The van der Waals surface area contributed by atoms with Gasteiger partial charge in [0.25, 0.3) is 0 Å². The molecule has 136 valence electrons. The van der Waals surface area contributed by atoms with Crippen LogP contribution < -0.4 is 0 Å². The van der Waals surface area contributed by atoms with Crippen LogP contribution in [-0.2, 0) is 9.59 Å². The lowest BCUT2D eigenvalue weighted by atomic mass is 9.43. The predicted molar refractivity (Wildman–Crippen MR) is 90.7 cm³/mol. The molecule has 3 saturated carbocycles. The number of ketones is 1. The summed E-state index contributed by atoms with van der Waals surface area (Å²) in [6.07, 6.45) is 3.89. The zero-order chi connectivity index (χ0) is 18.4. The van der Waals surface area contributed by atoms with Gasteiger partial charge in [-0.1, -0.05) is 31.6 Å². The van der Waals surface area contributed by atoms with Crippen molar-refractivity contribution in [1.29, 1.82) is 0 Å². The molecule has 0 amide bonds. The largest absolute Gasteiger partial charge is 0.481 e. The van der Waals surface area contributed by atoms with Crippen molar-refractivity contribution >= 4 is 11.8 Å². The Morgan fingerprint density at radius 1 is 1.32 bits per heavy atom. The van der Waals surface area contributed by atoms with Gasteiger partial charge in [0, 0.05) is 11.5 Å². The van der Waals surface area contributed by atoms with Crippen molar-refractivity contribution in [2.75, 3.05) is 0 Å². The monoisotopic (exact) mass is 346 g/mol. The zero-order valence-electron chi connectivity index (χ0n) is 14.8. The molecule has 6 atom stereocenters. The van der Waals surface area contributed by atoms with Crippen LogP contribution >= 0.6 is 0 Å². The Kier molecular flexibility index (Phi) is 3.14. The summed E-state index contributed by atoms with van der Waals surface area (Å²) in [5, 5.41) is 31.7. The lowest BCUT2D eigenvalue weighted by Crippen LogP contribution is -2.61. The molecule has 0 aromatic heterocycles. The highest BCUT2D eigenvalue weighted by Crippen LogP contribution is 2.70. The van der Waals surface area contributed by atoms with E-state index in [1.54, 1.807) is 6.92 Å². The van der Waals surface area contributed by atoms with E-state index >= 15 is 0 Å². The third kappa shape index (κ3) is 1.76. The van der Waals surface area contributed by atoms with Crippen LogP contribution in [0.4, 0.5) is 0 Å². The van der Waals surface area contributed by atoms with Crippen LogP contribution in [0.1, 0.15) is 52.4 Å². The van der Waals surface area contributed by atoms with E-state index in [-0.39, 0.29) is 24.2 Å². The molecule has 1 spiro atoms. The molecule has 0 heterocycles. The van der Waals surface area contributed by atoms with Crippen molar-refractivity contribution in [3.63, 3.8) is 0 Å². The summed E-state index contributed by atoms with van der Waals surface area (Å²) in [6.45, 7) is 7.57. The van der Waals surface area contributed by atoms with Crippen molar-refractivity contribution in [3.8, 4) is 0 Å². The maximum absolute atomic E-state index is 13.1. The summed E-state index contributed by atoms with van der Waals surface area (Å²) in [6, 6.07) is 0. The number of carbonyl (C=O) groups excluding carboxylic acids is 1. The SMILES string of the molecule is C=C1C(=O)[C@@]23CC(O)[C@@H]4[C@](C)(C(=O)O)CCC[C@@]4(C)C2=CC[C@]1(O)C3. The average molecular weight is 346 g/mol. The molecular formula is C20H26O5. The molecule has 2 bridgehead atoms. The highest BCUT2D eigenvalue weighted by Gasteiger charge is 2.70. The molecule has 0 aliphatic heterocycles. The van der Waals surface area contributed by atoms with E-state index in [9.17, 15) is 24.9 Å². The fraction of sp³-hybridized carbons (Fsp3) is 0.700. The molecule has 0 saturated heterocycles. The third-order valence-corrected chi connectivity index (χ3v) is 7.84. The number of carbonyl (C=O) groups is 2. The number of allylic oxidation sites excluding steroid dienone is 1. The number of carboxylic acid groups (broad SMARTS) is 1. The van der Waals surface area contributed by atoms with Crippen LogP contribution in [0.25, 0.3) is 0 Å². The maximum Gasteiger partial charge on any atom is 0.309 e. The van der Waals surface area contributed by atoms with E-state index in [4.69, 9.17) is 0 Å². The van der Waals surface area contributed by atoms with Crippen LogP contribution in [0.15, 0.2) is 23.8 Å². The summed E-state index contributed by atoms with van der Waals surface area (Å²) in [4.78, 5) is 25.1. The normalized spacial score (nSPS) is 51.6. The quantitative estimate of drug-likeness (QED) is 0.500. The number of carboxylic acids is 1. The van der Waals surface area contributed by atoms with E-state index in [1.165, 1.54) is 0 Å². The summed E-state index contributed by atoms with van der Waals surface area (Å²) in [7, 11) is 0. The molecule has 3 fully saturated rings. The number of aliphatic hydroxyl groups excluding tert-OH is 1. The minimum absolute atomic E-state index is 0.167. The first-order valence-corrected chi connectivity index (χ1v) is 9.10. The van der Waals surface area contributed by atoms with Gasteiger partial charge in [-0.05, 0) is 44.4 Å². The van der Waals surface area contributed by atoms with Gasteiger partial charge < -0.3 is 15.3 Å². The number of rotatable bonds is 1. The minimum atomic E-state index is -1.21. The number of hydrogen-bond acceptors (Lipinski definition) is 4. The van der Waals surface area contributed by atoms with Crippen LogP contribution in [0.5, 0.6) is 0 Å². The first-order chi connectivity index (χ1) is 11.5. The number of hydrogen-bond donors (Lipinski definition) is 3. The fourth-order valence-electron chi connectivity index (χ4n) is 6.82. The maximum atomic E-state index is 13.1. The van der Waals surface area contributed by atoms with Crippen molar-refractivity contribution < 1.29 is 24.9 Å². The second-order valence-corrected chi connectivity index (χ2v) is 9.16. The minimum Gasteiger partial charge on any atom is -0.481 e. The lowest BCUT2D eigenvalue weighted by Gasteiger charge is -2.61. The molecule has 0 aromatic rings. The number of aliphatic carboxylic acids is 1. The van der Waals surface area contributed by atoms with E-state index < -0.39 is 39.8 Å². The van der Waals surface area contributed by atoms with Crippen molar-refractivity contribution in [1.82, 2.24) is 0 Å². The van der Waals surface area contributed by atoms with Gasteiger partial charge >= 0.3 is 5.97 Å². The summed E-state index contributed by atoms with van der Waals surface area (Å²) in [5.74, 6) is -1.48. The molecule has 4 aliphatic rings. The highest BCUT2D eigenvalue weighted by atomic mass is 16.4. The standard InChI is InChI=1S/C20H26O5/c1-11-15(22)19-9-12(21)14-17(2,6-4-7-18(14,3)16(23)24)13(19)5-8-20(11,25)10-19/h5,12,14,21,25H,1,4,6-10H2,2-3H3,(H,23,24)/t12?,14-,17-,18+,19+,20-/m0/s1. The Bertz CT molecular complexity index is 738. The number of fused-ring (bicyclic) bond motifs is 3. The Morgan fingerprint density at radius 3 is 2.64 bits per heavy atom. The summed E-state index contributed by atoms with van der Waals surface area (Å²) in [5.41, 5.74) is -2.51. The highest BCUT2D eigenvalue weighted by molar-refractivity contribution is 6.07. The van der Waals surface area contributed by atoms with Gasteiger partial charge in [0.2, 0.25) is 0 Å². The van der Waals surface area contributed by atoms with E-state index in [0.29, 0.717) is 12.8 Å². The Hall–Kier alpha value is -1.46. The van der Waals surface area contributed by atoms with Crippen LogP contribution in [0, 0.1) is 22.2 Å². The second kappa shape index (κ2) is 4.63. The van der Waals surface area contributed by atoms with Gasteiger partial charge in [0.1, 0.15) is 0 Å². The summed E-state index contributed by atoms with van der Waals surface area (Å²) >= 11 is 0. The fourth-order valence-corrected chi connectivity index (χ4v) is 6.82. The van der Waals surface area contributed by atoms with E-state index in [2.05, 4.69) is 6.58 Å². The molecule has 25 heavy (non-hydrogen) atoms.